The van der Waals surface area contributed by atoms with Crippen molar-refractivity contribution in [1.29, 1.82) is 0 Å². The van der Waals surface area contributed by atoms with Crippen molar-refractivity contribution >= 4 is 27.6 Å². The molecule has 182 valence electrons. The number of hydrogen-bond acceptors (Lipinski definition) is 2. The van der Waals surface area contributed by atoms with E-state index < -0.39 is 0 Å². The highest BCUT2D eigenvalue weighted by atomic mass is 16.3. The standard InChI is InChI=1S/C36H22N2O/c1-37-34-20-8-7-15-28(34)30-17-10-19-32-31-18-9-16-29(35(31)39-36(30)32)27-14-6-5-13-26(27)25-21-22-33(38-23-25)24-11-3-2-4-12-24/h2-23H. The number of pyridine rings is 1. The molecule has 2 heterocycles. The maximum Gasteiger partial charge on any atom is 0.195 e. The number of aromatic nitrogens is 1. The van der Waals surface area contributed by atoms with Gasteiger partial charge in [0.15, 0.2) is 5.69 Å². The van der Waals surface area contributed by atoms with Gasteiger partial charge >= 0.3 is 0 Å². The maximum absolute atomic E-state index is 7.65. The maximum atomic E-state index is 7.65. The highest BCUT2D eigenvalue weighted by molar-refractivity contribution is 6.14. The molecule has 3 heteroatoms. The van der Waals surface area contributed by atoms with E-state index in [9.17, 15) is 0 Å². The second-order valence-corrected chi connectivity index (χ2v) is 9.44. The molecule has 7 rings (SSSR count). The average Bonchev–Trinajstić information content (AvgIpc) is 3.41. The molecule has 0 fully saturated rings. The Morgan fingerprint density at radius 3 is 1.74 bits per heavy atom. The van der Waals surface area contributed by atoms with Crippen molar-refractivity contribution in [2.75, 3.05) is 0 Å². The van der Waals surface area contributed by atoms with Gasteiger partial charge in [-0.3, -0.25) is 4.98 Å². The lowest BCUT2D eigenvalue weighted by molar-refractivity contribution is 0.671. The molecule has 0 bridgehead atoms. The van der Waals surface area contributed by atoms with E-state index >= 15 is 0 Å². The van der Waals surface area contributed by atoms with Crippen LogP contribution in [0.25, 0.3) is 71.4 Å². The largest absolute Gasteiger partial charge is 0.455 e. The predicted octanol–water partition coefficient (Wildman–Crippen LogP) is 10.2. The molecular weight excluding hydrogens is 476 g/mol. The minimum Gasteiger partial charge on any atom is -0.455 e. The first-order chi connectivity index (χ1) is 19.3. The van der Waals surface area contributed by atoms with Crippen molar-refractivity contribution in [2.45, 2.75) is 0 Å². The van der Waals surface area contributed by atoms with Gasteiger partial charge in [-0.2, -0.15) is 0 Å². The van der Waals surface area contributed by atoms with Crippen LogP contribution in [0.5, 0.6) is 0 Å². The normalized spacial score (nSPS) is 11.1. The van der Waals surface area contributed by atoms with Crippen LogP contribution in [0.4, 0.5) is 5.69 Å². The number of rotatable bonds is 4. The van der Waals surface area contributed by atoms with Crippen LogP contribution < -0.4 is 0 Å². The lowest BCUT2D eigenvalue weighted by atomic mass is 9.94. The SMILES string of the molecule is [C-]#[N+]c1ccccc1-c1cccc2c1oc1c(-c3ccccc3-c3ccc(-c4ccccc4)nc3)cccc12. The van der Waals surface area contributed by atoms with E-state index in [4.69, 9.17) is 16.0 Å². The van der Waals surface area contributed by atoms with Gasteiger partial charge in [0.25, 0.3) is 0 Å². The second-order valence-electron chi connectivity index (χ2n) is 9.44. The van der Waals surface area contributed by atoms with Crippen molar-refractivity contribution in [1.82, 2.24) is 4.98 Å². The van der Waals surface area contributed by atoms with Crippen molar-refractivity contribution in [3.05, 3.63) is 145 Å². The minimum absolute atomic E-state index is 0.613. The second kappa shape index (κ2) is 9.45. The van der Waals surface area contributed by atoms with Crippen molar-refractivity contribution in [3.63, 3.8) is 0 Å². The molecule has 7 aromatic rings. The number of nitrogens with zero attached hydrogens (tertiary/aromatic N) is 2. The molecule has 5 aromatic carbocycles. The molecule has 3 nitrogen and oxygen atoms in total. The summed E-state index contributed by atoms with van der Waals surface area (Å²) in [4.78, 5) is 8.52. The molecule has 0 saturated carbocycles. The van der Waals surface area contributed by atoms with Crippen LogP contribution in [0.2, 0.25) is 0 Å². The lowest BCUT2D eigenvalue weighted by Crippen LogP contribution is -1.88. The molecule has 0 atom stereocenters. The summed E-state index contributed by atoms with van der Waals surface area (Å²) in [5, 5.41) is 2.09. The number of para-hydroxylation sites is 3. The van der Waals surface area contributed by atoms with Gasteiger partial charge in [0.05, 0.1) is 12.3 Å². The van der Waals surface area contributed by atoms with E-state index in [1.165, 1.54) is 0 Å². The van der Waals surface area contributed by atoms with Gasteiger partial charge in [-0.15, -0.1) is 0 Å². The highest BCUT2D eigenvalue weighted by Gasteiger charge is 2.18. The summed E-state index contributed by atoms with van der Waals surface area (Å²) in [6.07, 6.45) is 1.94. The Kier molecular flexibility index (Phi) is 5.50. The van der Waals surface area contributed by atoms with E-state index in [0.29, 0.717) is 5.69 Å². The Hall–Kier alpha value is -5.46. The number of fused-ring (bicyclic) bond motifs is 3. The molecular formula is C36H22N2O. The Morgan fingerprint density at radius 1 is 0.487 bits per heavy atom. The molecule has 0 aliphatic rings. The van der Waals surface area contributed by atoms with E-state index in [0.717, 1.165) is 66.6 Å². The fourth-order valence-corrected chi connectivity index (χ4v) is 5.35. The van der Waals surface area contributed by atoms with Gasteiger partial charge < -0.3 is 4.42 Å². The molecule has 0 aliphatic carbocycles. The zero-order valence-corrected chi connectivity index (χ0v) is 21.0. The summed E-state index contributed by atoms with van der Waals surface area (Å²) in [5.41, 5.74) is 10.3. The molecule has 2 aromatic heterocycles. The fraction of sp³-hybridized carbons (Fsp3) is 0. The van der Waals surface area contributed by atoms with Crippen molar-refractivity contribution in [2.24, 2.45) is 0 Å². The van der Waals surface area contributed by atoms with Crippen molar-refractivity contribution in [3.8, 4) is 44.6 Å². The molecule has 0 amide bonds. The zero-order chi connectivity index (χ0) is 26.2. The molecule has 0 spiro atoms. The number of hydrogen-bond donors (Lipinski definition) is 0. The van der Waals surface area contributed by atoms with E-state index in [2.05, 4.69) is 77.6 Å². The quantitative estimate of drug-likeness (QED) is 0.226. The first-order valence-electron chi connectivity index (χ1n) is 12.8. The molecule has 0 N–H and O–H groups in total. The zero-order valence-electron chi connectivity index (χ0n) is 21.0. The summed E-state index contributed by atoms with van der Waals surface area (Å²) in [6, 6.07) is 43.0. The topological polar surface area (TPSA) is 30.4 Å². The lowest BCUT2D eigenvalue weighted by Gasteiger charge is -2.11. The van der Waals surface area contributed by atoms with Gasteiger partial charge in [-0.25, -0.2) is 4.85 Å². The van der Waals surface area contributed by atoms with Crippen LogP contribution in [0, 0.1) is 6.57 Å². The predicted molar refractivity (Wildman–Crippen MR) is 160 cm³/mol. The summed E-state index contributed by atoms with van der Waals surface area (Å²) in [7, 11) is 0. The molecule has 0 aliphatic heterocycles. The van der Waals surface area contributed by atoms with E-state index in [-0.39, 0.29) is 0 Å². The Morgan fingerprint density at radius 2 is 1.08 bits per heavy atom. The third-order valence-electron chi connectivity index (χ3n) is 7.20. The van der Waals surface area contributed by atoms with Crippen LogP contribution in [0.1, 0.15) is 0 Å². The summed E-state index contributed by atoms with van der Waals surface area (Å²) in [6.45, 7) is 7.65. The fourth-order valence-electron chi connectivity index (χ4n) is 5.35. The van der Waals surface area contributed by atoms with Crippen LogP contribution in [-0.4, -0.2) is 4.98 Å². The number of furan rings is 1. The Balaban J connectivity index is 1.40. The number of benzene rings is 5. The van der Waals surface area contributed by atoms with E-state index in [1.807, 2.05) is 60.8 Å². The molecule has 39 heavy (non-hydrogen) atoms. The van der Waals surface area contributed by atoms with Crippen molar-refractivity contribution < 1.29 is 4.42 Å². The molecule has 0 radical (unpaired) electrons. The van der Waals surface area contributed by atoms with Gasteiger partial charge in [0, 0.05) is 39.2 Å². The van der Waals surface area contributed by atoms with Gasteiger partial charge in [-0.05, 0) is 22.8 Å². The summed E-state index contributed by atoms with van der Waals surface area (Å²) >= 11 is 0. The van der Waals surface area contributed by atoms with Gasteiger partial charge in [0.1, 0.15) is 11.2 Å². The Labute approximate surface area is 226 Å². The highest BCUT2D eigenvalue weighted by Crippen LogP contribution is 2.43. The first kappa shape index (κ1) is 22.7. The van der Waals surface area contributed by atoms with Crippen LogP contribution in [0.3, 0.4) is 0 Å². The average molecular weight is 499 g/mol. The minimum atomic E-state index is 0.613. The van der Waals surface area contributed by atoms with Crippen LogP contribution in [-0.2, 0) is 0 Å². The monoisotopic (exact) mass is 498 g/mol. The van der Waals surface area contributed by atoms with Gasteiger partial charge in [0.2, 0.25) is 0 Å². The van der Waals surface area contributed by atoms with Gasteiger partial charge in [-0.1, -0.05) is 121 Å². The van der Waals surface area contributed by atoms with E-state index in [1.54, 1.807) is 0 Å². The van der Waals surface area contributed by atoms with Crippen LogP contribution in [0.15, 0.2) is 138 Å². The first-order valence-corrected chi connectivity index (χ1v) is 12.8. The summed E-state index contributed by atoms with van der Waals surface area (Å²) in [5.74, 6) is 0. The molecule has 0 unspecified atom stereocenters. The molecule has 0 saturated heterocycles. The smallest absolute Gasteiger partial charge is 0.195 e. The Bertz CT molecular complexity index is 2010. The van der Waals surface area contributed by atoms with Crippen LogP contribution >= 0.6 is 0 Å². The third kappa shape index (κ3) is 3.87. The summed E-state index contributed by atoms with van der Waals surface area (Å²) < 4.78 is 6.67. The third-order valence-corrected chi connectivity index (χ3v) is 7.20.